The van der Waals surface area contributed by atoms with Gasteiger partial charge in [-0.25, -0.2) is 0 Å². The van der Waals surface area contributed by atoms with Crippen molar-refractivity contribution in [1.29, 1.82) is 0 Å². The smallest absolute Gasteiger partial charge is 0.142 e. The Labute approximate surface area is 677 Å². The van der Waals surface area contributed by atoms with E-state index in [1.807, 2.05) is 0 Å². The summed E-state index contributed by atoms with van der Waals surface area (Å²) in [4.78, 5) is 5.03. The zero-order valence-corrected chi connectivity index (χ0v) is 66.4. The van der Waals surface area contributed by atoms with Crippen LogP contribution in [0.15, 0.2) is 338 Å². The lowest BCUT2D eigenvalue weighted by atomic mass is 9.78. The topological polar surface area (TPSA) is 28.9 Å². The van der Waals surface area contributed by atoms with Gasteiger partial charge >= 0.3 is 0 Å². The molecular weight excluding hydrogens is 1410 g/mol. The van der Waals surface area contributed by atoms with E-state index in [1.54, 1.807) is 0 Å². The molecule has 116 heavy (non-hydrogen) atoms. The van der Waals surface area contributed by atoms with E-state index in [1.165, 1.54) is 166 Å². The molecule has 16 aromatic rings. The van der Waals surface area contributed by atoms with E-state index in [-0.39, 0.29) is 33.7 Å². The quantitative estimate of drug-likeness (QED) is 0.144. The molecule has 2 heterocycles. The van der Waals surface area contributed by atoms with E-state index >= 15 is 0 Å². The van der Waals surface area contributed by atoms with Gasteiger partial charge in [0.1, 0.15) is 23.2 Å². The molecule has 4 heteroatoms. The summed E-state index contributed by atoms with van der Waals surface area (Å²) in [5.74, 6) is 2.26. The van der Waals surface area contributed by atoms with E-state index in [0.717, 1.165) is 68.8 Å². The minimum Gasteiger partial charge on any atom is -0.484 e. The molecule has 0 bridgehead atoms. The normalized spacial score (nSPS) is 18.1. The summed E-state index contributed by atoms with van der Waals surface area (Å²) in [6, 6.07) is 109. The van der Waals surface area contributed by atoms with E-state index in [9.17, 15) is 0 Å². The molecule has 0 saturated heterocycles. The summed E-state index contributed by atoms with van der Waals surface area (Å²) < 4.78 is 14.3. The SMILES string of the molecule is CC1(C)c2ccccc2-c2ccc(N(c3ccc4c(c3)C(C)(C)c3ccccc3-4)c3ccc4cc(C5C=CC=C6c7c(ccc8ccc(-c9cccc%10c9C(C)(C)c9cc(N(c%11ccc%12c(c%11)C(C)(C)c%11ccccc%11-%12)c%11cccc%12c(-c%13cccc%14c%15c(oc%13%14)C=C%13C=CC=CC%13C%15)cccc%11%12)ccc9-%10)cc78)OC65)ccc4c3)cc21. The monoisotopic (exact) mass is 1490 g/mol. The number of ether oxygens (including phenoxy) is 1. The fourth-order valence-corrected chi connectivity index (χ4v) is 22.3. The van der Waals surface area contributed by atoms with Crippen molar-refractivity contribution >= 4 is 89.1 Å². The Morgan fingerprint density at radius 1 is 0.353 bits per heavy atom. The Balaban J connectivity index is 0.567. The minimum atomic E-state index is -0.384. The van der Waals surface area contributed by atoms with Crippen LogP contribution >= 0.6 is 0 Å². The third-order valence-electron chi connectivity index (χ3n) is 28.1. The van der Waals surface area contributed by atoms with E-state index in [0.29, 0.717) is 5.92 Å². The van der Waals surface area contributed by atoms with Crippen molar-refractivity contribution in [2.24, 2.45) is 5.92 Å². The number of hydrogen-bond acceptors (Lipinski definition) is 4. The highest BCUT2D eigenvalue weighted by atomic mass is 16.5. The van der Waals surface area contributed by atoms with Crippen molar-refractivity contribution in [3.05, 3.63) is 400 Å². The van der Waals surface area contributed by atoms with Crippen molar-refractivity contribution < 1.29 is 9.15 Å². The first-order valence-electron chi connectivity index (χ1n) is 41.4. The summed E-state index contributed by atoms with van der Waals surface area (Å²) in [7, 11) is 0. The van der Waals surface area contributed by atoms with Gasteiger partial charge < -0.3 is 19.0 Å². The summed E-state index contributed by atoms with van der Waals surface area (Å²) in [6.07, 6.45) is 18.8. The van der Waals surface area contributed by atoms with Gasteiger partial charge in [-0.05, 0) is 235 Å². The Hall–Kier alpha value is -13.3. The number of hydrogen-bond donors (Lipinski definition) is 0. The van der Waals surface area contributed by atoms with Gasteiger partial charge in [-0.1, -0.05) is 304 Å². The first-order chi connectivity index (χ1) is 56.5. The first-order valence-corrected chi connectivity index (χ1v) is 41.4. The van der Waals surface area contributed by atoms with Crippen LogP contribution in [0, 0.1) is 5.92 Å². The Morgan fingerprint density at radius 3 is 1.53 bits per heavy atom. The lowest BCUT2D eigenvalue weighted by molar-refractivity contribution is 0.258. The number of anilines is 6. The zero-order valence-electron chi connectivity index (χ0n) is 66.4. The number of benzene rings is 15. The highest BCUT2D eigenvalue weighted by Crippen LogP contribution is 2.60. The van der Waals surface area contributed by atoms with Gasteiger partial charge in [0.15, 0.2) is 0 Å². The number of nitrogens with zero attached hydrogens (tertiary/aromatic N) is 2. The highest BCUT2D eigenvalue weighted by Gasteiger charge is 2.44. The van der Waals surface area contributed by atoms with E-state index in [2.05, 4.69) is 399 Å². The maximum atomic E-state index is 7.27. The van der Waals surface area contributed by atoms with Crippen LogP contribution in [0.5, 0.6) is 5.75 Å². The van der Waals surface area contributed by atoms with Crippen LogP contribution in [0.4, 0.5) is 34.1 Å². The average Bonchev–Trinajstić information content (AvgIpc) is 1.56. The molecule has 0 N–H and O–H groups in total. The number of fused-ring (bicyclic) bond motifs is 23. The van der Waals surface area contributed by atoms with E-state index in [4.69, 9.17) is 9.15 Å². The maximum absolute atomic E-state index is 7.27. The molecule has 7 aliphatic carbocycles. The Kier molecular flexibility index (Phi) is 14.0. The number of allylic oxidation sites excluding steroid dienone is 7. The highest BCUT2D eigenvalue weighted by molar-refractivity contribution is 6.11. The standard InChI is InChI=1S/C112H84N2O2/c1-109(2)95-36-14-11-24-81(95)84-51-47-73(61-98(84)109)113(74-48-52-85-82-25-12-15-37-96(82)110(3,4)99(85)62-74)72-46-44-68-56-70(43-41-69(68)57-72)78-28-18-35-92-105-93-59-71(42-40-65(93)45-55-103(105)115-107(78)92)77-27-17-32-89-87-54-50-76(64-101(87)112(7,8)106(77)89)114(75-49-53-86-83-26-13-16-38-97(83)111(5,6)100(86)63-75)102-39-21-30-79-80(29-19-31-88(79)102)90-33-20-34-91-94-58-66-22-9-10-23-67(66)60-104(94)116-108(90)91/h9-57,59-64,66,78,107H,58H2,1-8H3. The molecule has 1 aromatic heterocycles. The van der Waals surface area contributed by atoms with Gasteiger partial charge in [-0.15, -0.1) is 0 Å². The van der Waals surface area contributed by atoms with Crippen LogP contribution in [-0.4, -0.2) is 6.10 Å². The molecule has 0 saturated carbocycles. The second kappa shape index (κ2) is 24.1. The predicted molar refractivity (Wildman–Crippen MR) is 483 cm³/mol. The Morgan fingerprint density at radius 2 is 0.862 bits per heavy atom. The second-order valence-corrected chi connectivity index (χ2v) is 35.7. The molecule has 1 aliphatic heterocycles. The van der Waals surface area contributed by atoms with Crippen molar-refractivity contribution in [3.63, 3.8) is 0 Å². The van der Waals surface area contributed by atoms with Crippen molar-refractivity contribution in [2.45, 2.75) is 95.5 Å². The minimum absolute atomic E-state index is 0.00582. The summed E-state index contributed by atoms with van der Waals surface area (Å²) in [5, 5.41) is 8.33. The van der Waals surface area contributed by atoms with Gasteiger partial charge in [0.05, 0.1) is 5.69 Å². The fraction of sp³-hybridized carbons (Fsp3) is 0.143. The van der Waals surface area contributed by atoms with Crippen molar-refractivity contribution in [1.82, 2.24) is 0 Å². The molecule has 0 amide bonds. The van der Waals surface area contributed by atoms with Crippen LogP contribution in [0.3, 0.4) is 0 Å². The third-order valence-corrected chi connectivity index (χ3v) is 28.1. The Bertz CT molecular complexity index is 7150. The predicted octanol–water partition coefficient (Wildman–Crippen LogP) is 29.6. The molecular formula is C112H84N2O2. The van der Waals surface area contributed by atoms with Gasteiger partial charge in [0, 0.05) is 95.0 Å². The maximum Gasteiger partial charge on any atom is 0.142 e. The largest absolute Gasteiger partial charge is 0.484 e. The zero-order chi connectivity index (χ0) is 77.6. The first kappa shape index (κ1) is 67.2. The van der Waals surface area contributed by atoms with Crippen LogP contribution < -0.4 is 14.5 Å². The summed E-state index contributed by atoms with van der Waals surface area (Å²) >= 11 is 0. The fourth-order valence-electron chi connectivity index (χ4n) is 22.3. The van der Waals surface area contributed by atoms with Crippen molar-refractivity contribution in [3.8, 4) is 72.5 Å². The van der Waals surface area contributed by atoms with Gasteiger partial charge in [0.25, 0.3) is 0 Å². The van der Waals surface area contributed by atoms with Crippen molar-refractivity contribution in [2.75, 3.05) is 9.80 Å². The molecule has 24 rings (SSSR count). The molecule has 15 aromatic carbocycles. The third kappa shape index (κ3) is 9.50. The number of rotatable bonds is 9. The average molecular weight is 1490 g/mol. The molecule has 554 valence electrons. The number of para-hydroxylation sites is 1. The molecule has 0 fully saturated rings. The van der Waals surface area contributed by atoms with E-state index < -0.39 is 0 Å². The van der Waals surface area contributed by atoms with Crippen LogP contribution in [0.2, 0.25) is 0 Å². The molecule has 8 aliphatic rings. The lowest BCUT2D eigenvalue weighted by Crippen LogP contribution is -2.23. The lowest BCUT2D eigenvalue weighted by Gasteiger charge is -2.31. The van der Waals surface area contributed by atoms with Crippen LogP contribution in [0.1, 0.15) is 128 Å². The molecule has 3 unspecified atom stereocenters. The molecule has 0 radical (unpaired) electrons. The molecule has 0 spiro atoms. The van der Waals surface area contributed by atoms with Crippen LogP contribution in [0.25, 0.3) is 122 Å². The summed E-state index contributed by atoms with van der Waals surface area (Å²) in [6.45, 7) is 19.2. The second-order valence-electron chi connectivity index (χ2n) is 35.7. The summed E-state index contributed by atoms with van der Waals surface area (Å²) in [5.41, 5.74) is 39.1. The number of furan rings is 1. The van der Waals surface area contributed by atoms with Gasteiger partial charge in [-0.2, -0.15) is 0 Å². The van der Waals surface area contributed by atoms with Crippen LogP contribution in [-0.2, 0) is 28.1 Å². The molecule has 4 nitrogen and oxygen atoms in total. The van der Waals surface area contributed by atoms with Gasteiger partial charge in [-0.3, -0.25) is 0 Å². The molecule has 3 atom stereocenters. The van der Waals surface area contributed by atoms with Gasteiger partial charge in [0.2, 0.25) is 0 Å².